The summed E-state index contributed by atoms with van der Waals surface area (Å²) >= 11 is 0. The van der Waals surface area contributed by atoms with E-state index in [9.17, 15) is 4.79 Å². The molecule has 1 unspecified atom stereocenters. The highest BCUT2D eigenvalue weighted by molar-refractivity contribution is 5.94. The summed E-state index contributed by atoms with van der Waals surface area (Å²) in [6, 6.07) is 8.49. The summed E-state index contributed by atoms with van der Waals surface area (Å²) in [4.78, 5) is 11.5. The Balaban J connectivity index is 2.30. The van der Waals surface area contributed by atoms with Crippen LogP contribution in [0.2, 0.25) is 0 Å². The smallest absolute Gasteiger partial charge is 0.226 e. The predicted molar refractivity (Wildman–Crippen MR) is 60.7 cm³/mol. The molecule has 2 rings (SSSR count). The number of hydrogen-bond acceptors (Lipinski definition) is 2. The van der Waals surface area contributed by atoms with Crippen molar-refractivity contribution in [3.8, 4) is 0 Å². The summed E-state index contributed by atoms with van der Waals surface area (Å²) in [6.45, 7) is 4.18. The van der Waals surface area contributed by atoms with Gasteiger partial charge in [-0.2, -0.15) is 0 Å². The SMILES string of the molecule is CC(C)NC1CC(=O)Nc2ccccc21. The van der Waals surface area contributed by atoms with Crippen molar-refractivity contribution in [3.05, 3.63) is 29.8 Å². The Morgan fingerprint density at radius 3 is 2.87 bits per heavy atom. The lowest BCUT2D eigenvalue weighted by Gasteiger charge is -2.27. The van der Waals surface area contributed by atoms with Gasteiger partial charge in [-0.3, -0.25) is 4.79 Å². The first kappa shape index (κ1) is 10.2. The van der Waals surface area contributed by atoms with Crippen LogP contribution < -0.4 is 10.6 Å². The molecule has 1 aromatic carbocycles. The minimum absolute atomic E-state index is 0.0897. The molecule has 0 saturated carbocycles. The maximum absolute atomic E-state index is 11.5. The van der Waals surface area contributed by atoms with E-state index in [1.807, 2.05) is 18.2 Å². The first-order valence-electron chi connectivity index (χ1n) is 5.31. The Kier molecular flexibility index (Phi) is 2.73. The summed E-state index contributed by atoms with van der Waals surface area (Å²) in [5, 5.41) is 6.29. The molecular weight excluding hydrogens is 188 g/mol. The summed E-state index contributed by atoms with van der Waals surface area (Å²) in [6.07, 6.45) is 0.523. The van der Waals surface area contributed by atoms with E-state index < -0.39 is 0 Å². The number of anilines is 1. The molecule has 0 saturated heterocycles. The molecule has 1 aliphatic rings. The normalized spacial score (nSPS) is 19.9. The molecule has 15 heavy (non-hydrogen) atoms. The Morgan fingerprint density at radius 2 is 2.13 bits per heavy atom. The largest absolute Gasteiger partial charge is 0.326 e. The van der Waals surface area contributed by atoms with Gasteiger partial charge in [0.15, 0.2) is 0 Å². The number of hydrogen-bond donors (Lipinski definition) is 2. The molecule has 2 N–H and O–H groups in total. The van der Waals surface area contributed by atoms with E-state index in [0.717, 1.165) is 5.69 Å². The Labute approximate surface area is 89.9 Å². The van der Waals surface area contributed by atoms with Crippen molar-refractivity contribution in [2.24, 2.45) is 0 Å². The number of amides is 1. The van der Waals surface area contributed by atoms with Crippen LogP contribution in [0.1, 0.15) is 31.9 Å². The molecule has 0 fully saturated rings. The van der Waals surface area contributed by atoms with Crippen LogP contribution in [0, 0.1) is 0 Å². The first-order valence-corrected chi connectivity index (χ1v) is 5.31. The first-order chi connectivity index (χ1) is 7.16. The summed E-state index contributed by atoms with van der Waals surface area (Å²) in [5.74, 6) is 0.0897. The standard InChI is InChI=1S/C12H16N2O/c1-8(2)13-11-7-12(15)14-10-6-4-3-5-9(10)11/h3-6,8,11,13H,7H2,1-2H3,(H,14,15). The number of benzene rings is 1. The number of carbonyl (C=O) groups excluding carboxylic acids is 1. The van der Waals surface area contributed by atoms with Gasteiger partial charge in [0.05, 0.1) is 0 Å². The molecule has 0 aliphatic carbocycles. The van der Waals surface area contributed by atoms with E-state index in [-0.39, 0.29) is 11.9 Å². The second-order valence-corrected chi connectivity index (χ2v) is 4.21. The minimum atomic E-state index is 0.0897. The number of para-hydroxylation sites is 1. The molecule has 0 spiro atoms. The molecule has 80 valence electrons. The van der Waals surface area contributed by atoms with E-state index in [0.29, 0.717) is 12.5 Å². The van der Waals surface area contributed by atoms with E-state index in [4.69, 9.17) is 0 Å². The van der Waals surface area contributed by atoms with Crippen molar-refractivity contribution < 1.29 is 4.79 Å². The molecule has 1 atom stereocenters. The third-order valence-corrected chi connectivity index (χ3v) is 2.53. The van der Waals surface area contributed by atoms with E-state index in [2.05, 4.69) is 30.5 Å². The fraction of sp³-hybridized carbons (Fsp3) is 0.417. The molecular formula is C12H16N2O. The van der Waals surface area contributed by atoms with Crippen LogP contribution >= 0.6 is 0 Å². The van der Waals surface area contributed by atoms with E-state index >= 15 is 0 Å². The maximum atomic E-state index is 11.5. The third kappa shape index (κ3) is 2.18. The van der Waals surface area contributed by atoms with Gasteiger partial charge in [-0.05, 0) is 11.6 Å². The summed E-state index contributed by atoms with van der Waals surface area (Å²) in [7, 11) is 0. The van der Waals surface area contributed by atoms with Crippen LogP contribution in [0.15, 0.2) is 24.3 Å². The predicted octanol–water partition coefficient (Wildman–Crippen LogP) is 2.07. The summed E-state index contributed by atoms with van der Waals surface area (Å²) < 4.78 is 0. The molecule has 1 heterocycles. The molecule has 1 aromatic rings. The lowest BCUT2D eigenvalue weighted by Crippen LogP contribution is -2.35. The fourth-order valence-electron chi connectivity index (χ4n) is 1.96. The van der Waals surface area contributed by atoms with Gasteiger partial charge in [-0.15, -0.1) is 0 Å². The molecule has 0 bridgehead atoms. The quantitative estimate of drug-likeness (QED) is 0.774. The second-order valence-electron chi connectivity index (χ2n) is 4.21. The zero-order chi connectivity index (χ0) is 10.8. The van der Waals surface area contributed by atoms with Crippen LogP contribution in [-0.4, -0.2) is 11.9 Å². The fourth-order valence-corrected chi connectivity index (χ4v) is 1.96. The molecule has 3 nitrogen and oxygen atoms in total. The van der Waals surface area contributed by atoms with Crippen LogP contribution in [0.4, 0.5) is 5.69 Å². The highest BCUT2D eigenvalue weighted by atomic mass is 16.1. The van der Waals surface area contributed by atoms with Gasteiger partial charge in [-0.25, -0.2) is 0 Å². The minimum Gasteiger partial charge on any atom is -0.326 e. The molecule has 3 heteroatoms. The highest BCUT2D eigenvalue weighted by Crippen LogP contribution is 2.30. The van der Waals surface area contributed by atoms with E-state index in [1.165, 1.54) is 5.56 Å². The average Bonchev–Trinajstić information content (AvgIpc) is 2.16. The molecule has 1 amide bonds. The number of nitrogens with one attached hydrogen (secondary N) is 2. The number of fused-ring (bicyclic) bond motifs is 1. The van der Waals surface area contributed by atoms with Gasteiger partial charge in [0, 0.05) is 24.2 Å². The Hall–Kier alpha value is -1.35. The monoisotopic (exact) mass is 204 g/mol. The van der Waals surface area contributed by atoms with Gasteiger partial charge in [0.1, 0.15) is 0 Å². The van der Waals surface area contributed by atoms with Crippen LogP contribution in [0.5, 0.6) is 0 Å². The topological polar surface area (TPSA) is 41.1 Å². The van der Waals surface area contributed by atoms with Crippen LogP contribution in [0.3, 0.4) is 0 Å². The van der Waals surface area contributed by atoms with Crippen molar-refractivity contribution in [2.45, 2.75) is 32.4 Å². The van der Waals surface area contributed by atoms with Crippen molar-refractivity contribution in [1.82, 2.24) is 5.32 Å². The van der Waals surface area contributed by atoms with Gasteiger partial charge in [-0.1, -0.05) is 32.0 Å². The second kappa shape index (κ2) is 4.03. The Morgan fingerprint density at radius 1 is 1.40 bits per heavy atom. The van der Waals surface area contributed by atoms with Crippen LogP contribution in [0.25, 0.3) is 0 Å². The number of rotatable bonds is 2. The number of carbonyl (C=O) groups is 1. The van der Waals surface area contributed by atoms with Gasteiger partial charge < -0.3 is 10.6 Å². The lowest BCUT2D eigenvalue weighted by molar-refractivity contribution is -0.117. The maximum Gasteiger partial charge on any atom is 0.226 e. The zero-order valence-corrected chi connectivity index (χ0v) is 9.08. The zero-order valence-electron chi connectivity index (χ0n) is 9.08. The average molecular weight is 204 g/mol. The lowest BCUT2D eigenvalue weighted by atomic mass is 9.97. The van der Waals surface area contributed by atoms with Gasteiger partial charge in [0.25, 0.3) is 0 Å². The highest BCUT2D eigenvalue weighted by Gasteiger charge is 2.24. The Bertz CT molecular complexity index is 374. The van der Waals surface area contributed by atoms with Gasteiger partial charge in [0.2, 0.25) is 5.91 Å². The molecule has 1 aliphatic heterocycles. The van der Waals surface area contributed by atoms with Crippen molar-refractivity contribution in [3.63, 3.8) is 0 Å². The molecule has 0 radical (unpaired) electrons. The van der Waals surface area contributed by atoms with Crippen molar-refractivity contribution in [2.75, 3.05) is 5.32 Å². The van der Waals surface area contributed by atoms with Crippen molar-refractivity contribution in [1.29, 1.82) is 0 Å². The molecule has 0 aromatic heterocycles. The van der Waals surface area contributed by atoms with Gasteiger partial charge >= 0.3 is 0 Å². The van der Waals surface area contributed by atoms with Crippen molar-refractivity contribution >= 4 is 11.6 Å². The summed E-state index contributed by atoms with van der Waals surface area (Å²) in [5.41, 5.74) is 2.12. The van der Waals surface area contributed by atoms with Crippen LogP contribution in [-0.2, 0) is 4.79 Å². The third-order valence-electron chi connectivity index (χ3n) is 2.53. The van der Waals surface area contributed by atoms with E-state index in [1.54, 1.807) is 0 Å².